The molecule has 26 heavy (non-hydrogen) atoms. The van der Waals surface area contributed by atoms with Crippen LogP contribution in [-0.2, 0) is 11.3 Å². The molecular weight excluding hydrogens is 330 g/mol. The van der Waals surface area contributed by atoms with E-state index in [1.165, 1.54) is 6.92 Å². The fourth-order valence-electron chi connectivity index (χ4n) is 3.13. The van der Waals surface area contributed by atoms with Crippen molar-refractivity contribution in [3.8, 4) is 0 Å². The highest BCUT2D eigenvalue weighted by atomic mass is 16.3. The van der Waals surface area contributed by atoms with Gasteiger partial charge in [0.2, 0.25) is 5.91 Å². The van der Waals surface area contributed by atoms with Crippen molar-refractivity contribution in [2.24, 2.45) is 0 Å². The minimum absolute atomic E-state index is 0.0173. The highest BCUT2D eigenvalue weighted by Crippen LogP contribution is 2.14. The molecule has 0 saturated carbocycles. The van der Waals surface area contributed by atoms with Gasteiger partial charge in [0.15, 0.2) is 5.78 Å². The van der Waals surface area contributed by atoms with Crippen LogP contribution >= 0.6 is 0 Å². The van der Waals surface area contributed by atoms with E-state index in [9.17, 15) is 9.59 Å². The van der Waals surface area contributed by atoms with Crippen LogP contribution in [0.4, 0.5) is 5.69 Å². The first-order chi connectivity index (χ1) is 12.5. The Labute approximate surface area is 153 Å². The molecular formula is C20H25N3O3. The molecule has 0 bridgehead atoms. The third-order valence-corrected chi connectivity index (χ3v) is 4.85. The van der Waals surface area contributed by atoms with Gasteiger partial charge in [-0.2, -0.15) is 0 Å². The van der Waals surface area contributed by atoms with Crippen molar-refractivity contribution >= 4 is 17.4 Å². The van der Waals surface area contributed by atoms with Gasteiger partial charge in [-0.05, 0) is 50.2 Å². The Kier molecular flexibility index (Phi) is 5.85. The summed E-state index contributed by atoms with van der Waals surface area (Å²) in [6.45, 7) is 7.78. The minimum atomic E-state index is -0.201. The smallest absolute Gasteiger partial charge is 0.241 e. The molecule has 0 aliphatic carbocycles. The summed E-state index contributed by atoms with van der Waals surface area (Å²) in [6, 6.07) is 10.7. The van der Waals surface area contributed by atoms with Crippen LogP contribution in [0.15, 0.2) is 47.1 Å². The second kappa shape index (κ2) is 8.29. The zero-order valence-corrected chi connectivity index (χ0v) is 15.3. The number of anilines is 1. The Hall–Kier alpha value is -2.44. The fourth-order valence-corrected chi connectivity index (χ4v) is 3.13. The third kappa shape index (κ3) is 4.59. The average Bonchev–Trinajstić information content (AvgIpc) is 3.15. The van der Waals surface area contributed by atoms with Crippen molar-refractivity contribution in [3.05, 3.63) is 54.0 Å². The highest BCUT2D eigenvalue weighted by Gasteiger charge is 2.25. The maximum atomic E-state index is 12.5. The largest absolute Gasteiger partial charge is 0.468 e. The molecule has 1 amide bonds. The van der Waals surface area contributed by atoms with E-state index in [4.69, 9.17) is 4.42 Å². The molecule has 0 spiro atoms. The Morgan fingerprint density at radius 1 is 1.12 bits per heavy atom. The minimum Gasteiger partial charge on any atom is -0.468 e. The standard InChI is InChI=1S/C20H25N3O3/c1-15(20(25)21-18-7-5-17(6-8-18)16(2)24)23-11-9-22(10-12-23)14-19-4-3-13-26-19/h3-8,13,15H,9-12,14H2,1-2H3,(H,21,25)/t15-/m0/s1. The summed E-state index contributed by atoms with van der Waals surface area (Å²) in [5.41, 5.74) is 1.35. The lowest BCUT2D eigenvalue weighted by Gasteiger charge is -2.37. The van der Waals surface area contributed by atoms with Crippen LogP contribution in [0, 0.1) is 0 Å². The summed E-state index contributed by atoms with van der Waals surface area (Å²) in [7, 11) is 0. The van der Waals surface area contributed by atoms with Crippen molar-refractivity contribution in [3.63, 3.8) is 0 Å². The average molecular weight is 355 g/mol. The molecule has 1 atom stereocenters. The van der Waals surface area contributed by atoms with Crippen LogP contribution in [-0.4, -0.2) is 53.7 Å². The van der Waals surface area contributed by atoms with E-state index in [1.807, 2.05) is 19.1 Å². The molecule has 3 rings (SSSR count). The van der Waals surface area contributed by atoms with Crippen LogP contribution in [0.1, 0.15) is 30.0 Å². The lowest BCUT2D eigenvalue weighted by Crippen LogP contribution is -2.52. The number of carbonyl (C=O) groups is 2. The van der Waals surface area contributed by atoms with Crippen molar-refractivity contribution in [1.82, 2.24) is 9.80 Å². The molecule has 2 aromatic rings. The molecule has 0 radical (unpaired) electrons. The van der Waals surface area contributed by atoms with Gasteiger partial charge in [0.1, 0.15) is 5.76 Å². The lowest BCUT2D eigenvalue weighted by molar-refractivity contribution is -0.121. The van der Waals surface area contributed by atoms with E-state index in [0.29, 0.717) is 11.3 Å². The first-order valence-electron chi connectivity index (χ1n) is 8.93. The fraction of sp³-hybridized carbons (Fsp3) is 0.400. The Bertz CT molecular complexity index is 732. The van der Waals surface area contributed by atoms with Crippen LogP contribution in [0.25, 0.3) is 0 Å². The molecule has 138 valence electrons. The molecule has 0 unspecified atom stereocenters. The Morgan fingerprint density at radius 2 is 1.81 bits per heavy atom. The number of benzene rings is 1. The van der Waals surface area contributed by atoms with E-state index < -0.39 is 0 Å². The second-order valence-electron chi connectivity index (χ2n) is 6.69. The Morgan fingerprint density at radius 3 is 2.38 bits per heavy atom. The Balaban J connectivity index is 1.48. The topological polar surface area (TPSA) is 65.8 Å². The molecule has 1 saturated heterocycles. The van der Waals surface area contributed by atoms with Gasteiger partial charge in [0.25, 0.3) is 0 Å². The number of Topliss-reactive ketones (excluding diaryl/α,β-unsaturated/α-hetero) is 1. The van der Waals surface area contributed by atoms with Gasteiger partial charge < -0.3 is 9.73 Å². The first kappa shape index (κ1) is 18.4. The van der Waals surface area contributed by atoms with Gasteiger partial charge in [-0.15, -0.1) is 0 Å². The zero-order valence-electron chi connectivity index (χ0n) is 15.3. The number of nitrogens with one attached hydrogen (secondary N) is 1. The van der Waals surface area contributed by atoms with Crippen LogP contribution in [0.3, 0.4) is 0 Å². The highest BCUT2D eigenvalue weighted by molar-refractivity contribution is 5.96. The molecule has 1 N–H and O–H groups in total. The molecule has 2 heterocycles. The number of rotatable bonds is 6. The van der Waals surface area contributed by atoms with E-state index in [2.05, 4.69) is 15.1 Å². The summed E-state index contributed by atoms with van der Waals surface area (Å²) >= 11 is 0. The quantitative estimate of drug-likeness (QED) is 0.807. The number of ketones is 1. The molecule has 1 aliphatic heterocycles. The molecule has 6 nitrogen and oxygen atoms in total. The van der Waals surface area contributed by atoms with E-state index in [0.717, 1.165) is 38.5 Å². The van der Waals surface area contributed by atoms with Gasteiger partial charge in [0.05, 0.1) is 18.8 Å². The summed E-state index contributed by atoms with van der Waals surface area (Å²) < 4.78 is 5.40. The third-order valence-electron chi connectivity index (χ3n) is 4.85. The van der Waals surface area contributed by atoms with Crippen LogP contribution in [0.2, 0.25) is 0 Å². The lowest BCUT2D eigenvalue weighted by atomic mass is 10.1. The van der Waals surface area contributed by atoms with E-state index in [-0.39, 0.29) is 17.7 Å². The van der Waals surface area contributed by atoms with Gasteiger partial charge >= 0.3 is 0 Å². The summed E-state index contributed by atoms with van der Waals surface area (Å²) in [5.74, 6) is 0.960. The summed E-state index contributed by atoms with van der Waals surface area (Å²) in [6.07, 6.45) is 1.70. The maximum absolute atomic E-state index is 12.5. The zero-order chi connectivity index (χ0) is 18.5. The van der Waals surface area contributed by atoms with E-state index in [1.54, 1.807) is 30.5 Å². The van der Waals surface area contributed by atoms with Crippen LogP contribution in [0.5, 0.6) is 0 Å². The van der Waals surface area contributed by atoms with Crippen molar-refractivity contribution in [2.45, 2.75) is 26.4 Å². The van der Waals surface area contributed by atoms with Gasteiger partial charge in [-0.1, -0.05) is 0 Å². The van der Waals surface area contributed by atoms with Gasteiger partial charge in [0, 0.05) is 37.4 Å². The maximum Gasteiger partial charge on any atom is 0.241 e. The molecule has 1 aromatic carbocycles. The monoisotopic (exact) mass is 355 g/mol. The predicted molar refractivity (Wildman–Crippen MR) is 100 cm³/mol. The van der Waals surface area contributed by atoms with Gasteiger partial charge in [-0.3, -0.25) is 19.4 Å². The first-order valence-corrected chi connectivity index (χ1v) is 8.93. The number of amides is 1. The number of piperazine rings is 1. The van der Waals surface area contributed by atoms with E-state index >= 15 is 0 Å². The predicted octanol–water partition coefficient (Wildman–Crippen LogP) is 2.63. The van der Waals surface area contributed by atoms with Crippen LogP contribution < -0.4 is 5.32 Å². The normalized spacial score (nSPS) is 17.0. The molecule has 6 heteroatoms. The molecule has 1 aliphatic rings. The number of carbonyl (C=O) groups excluding carboxylic acids is 2. The van der Waals surface area contributed by atoms with Crippen molar-refractivity contribution in [2.75, 3.05) is 31.5 Å². The molecule has 1 fully saturated rings. The molecule has 1 aromatic heterocycles. The summed E-state index contributed by atoms with van der Waals surface area (Å²) in [5, 5.41) is 2.93. The number of hydrogen-bond acceptors (Lipinski definition) is 5. The van der Waals surface area contributed by atoms with Crippen molar-refractivity contribution < 1.29 is 14.0 Å². The second-order valence-corrected chi connectivity index (χ2v) is 6.69. The SMILES string of the molecule is CC(=O)c1ccc(NC(=O)[C@H](C)N2CCN(Cc3ccco3)CC2)cc1. The number of furan rings is 1. The number of nitrogens with zero attached hydrogens (tertiary/aromatic N) is 2. The van der Waals surface area contributed by atoms with Gasteiger partial charge in [-0.25, -0.2) is 0 Å². The van der Waals surface area contributed by atoms with Crippen molar-refractivity contribution in [1.29, 1.82) is 0 Å². The number of hydrogen-bond donors (Lipinski definition) is 1. The summed E-state index contributed by atoms with van der Waals surface area (Å²) in [4.78, 5) is 28.4.